The van der Waals surface area contributed by atoms with Gasteiger partial charge in [-0.3, -0.25) is 0 Å². The molecule has 0 spiro atoms. The minimum absolute atomic E-state index is 0.128. The number of halogens is 3. The van der Waals surface area contributed by atoms with Gasteiger partial charge in [-0.2, -0.15) is 13.2 Å². The smallest absolute Gasteiger partial charge is 0.402 e. The molecule has 4 aromatic carbocycles. The Morgan fingerprint density at radius 3 is 1.26 bits per heavy atom. The summed E-state index contributed by atoms with van der Waals surface area (Å²) >= 11 is 0. The summed E-state index contributed by atoms with van der Waals surface area (Å²) in [5.41, 5.74) is 12.8. The van der Waals surface area contributed by atoms with E-state index in [1.165, 1.54) is 6.92 Å². The van der Waals surface area contributed by atoms with E-state index in [1.807, 2.05) is 0 Å². The highest BCUT2D eigenvalue weighted by molar-refractivity contribution is 5.53. The lowest BCUT2D eigenvalue weighted by Gasteiger charge is -2.36. The van der Waals surface area contributed by atoms with Gasteiger partial charge in [0, 0.05) is 11.4 Å². The number of nitrogens with two attached hydrogens (primary N) is 2. The lowest BCUT2D eigenvalue weighted by Crippen LogP contribution is -2.41. The fourth-order valence-electron chi connectivity index (χ4n) is 7.19. The van der Waals surface area contributed by atoms with Crippen LogP contribution < -0.4 is 20.9 Å². The van der Waals surface area contributed by atoms with Crippen molar-refractivity contribution in [2.75, 3.05) is 11.5 Å². The first kappa shape index (κ1) is 31.8. The molecule has 6 rings (SSSR count). The molecule has 0 atom stereocenters. The van der Waals surface area contributed by atoms with Gasteiger partial charge in [0.2, 0.25) is 0 Å². The van der Waals surface area contributed by atoms with Crippen LogP contribution in [0.5, 0.6) is 23.0 Å². The van der Waals surface area contributed by atoms with Gasteiger partial charge in [-0.25, -0.2) is 0 Å². The van der Waals surface area contributed by atoms with Crippen molar-refractivity contribution in [1.29, 1.82) is 0 Å². The van der Waals surface area contributed by atoms with Crippen LogP contribution in [-0.4, -0.2) is 6.18 Å². The summed E-state index contributed by atoms with van der Waals surface area (Å²) in [5.74, 6) is 2.66. The molecule has 0 aromatic heterocycles. The molecular formula is C39H43F3N2O2. The number of hydrogen-bond acceptors (Lipinski definition) is 4. The van der Waals surface area contributed by atoms with E-state index >= 15 is 13.2 Å². The predicted molar refractivity (Wildman–Crippen MR) is 179 cm³/mol. The van der Waals surface area contributed by atoms with Crippen molar-refractivity contribution >= 4 is 11.4 Å². The van der Waals surface area contributed by atoms with Crippen LogP contribution in [-0.2, 0) is 5.41 Å². The van der Waals surface area contributed by atoms with E-state index in [-0.39, 0.29) is 23.0 Å². The molecule has 0 aliphatic heterocycles. The summed E-state index contributed by atoms with van der Waals surface area (Å²) in [4.78, 5) is 0. The molecule has 2 aliphatic carbocycles. The van der Waals surface area contributed by atoms with Gasteiger partial charge in [-0.1, -0.05) is 62.8 Å². The van der Waals surface area contributed by atoms with Gasteiger partial charge < -0.3 is 20.9 Å². The Balaban J connectivity index is 1.44. The lowest BCUT2D eigenvalue weighted by molar-refractivity contribution is -0.173. The van der Waals surface area contributed by atoms with Crippen LogP contribution in [0.2, 0.25) is 0 Å². The van der Waals surface area contributed by atoms with Crippen LogP contribution in [0.4, 0.5) is 24.5 Å². The second-order valence-electron chi connectivity index (χ2n) is 13.1. The molecule has 0 radical (unpaired) electrons. The number of hydrogen-bond donors (Lipinski definition) is 2. The maximum Gasteiger partial charge on any atom is 0.402 e. The molecule has 4 N–H and O–H groups in total. The van der Waals surface area contributed by atoms with Crippen molar-refractivity contribution in [2.24, 2.45) is 0 Å². The number of benzene rings is 4. The van der Waals surface area contributed by atoms with Crippen molar-refractivity contribution in [1.82, 2.24) is 0 Å². The van der Waals surface area contributed by atoms with Crippen LogP contribution in [0.1, 0.15) is 105 Å². The number of ether oxygens (including phenoxy) is 2. The third kappa shape index (κ3) is 6.69. The summed E-state index contributed by atoms with van der Waals surface area (Å²) < 4.78 is 59.1. The third-order valence-corrected chi connectivity index (χ3v) is 10.0. The monoisotopic (exact) mass is 628 g/mol. The molecule has 0 saturated heterocycles. The Kier molecular flexibility index (Phi) is 9.21. The Morgan fingerprint density at radius 2 is 0.913 bits per heavy atom. The molecule has 0 unspecified atom stereocenters. The highest BCUT2D eigenvalue weighted by Gasteiger charge is 2.54. The molecule has 2 fully saturated rings. The average Bonchev–Trinajstić information content (AvgIpc) is 3.07. The summed E-state index contributed by atoms with van der Waals surface area (Å²) in [6.45, 7) is 1.31. The van der Waals surface area contributed by atoms with Gasteiger partial charge in [0.05, 0.1) is 0 Å². The van der Waals surface area contributed by atoms with Gasteiger partial charge in [0.15, 0.2) is 0 Å². The van der Waals surface area contributed by atoms with E-state index in [4.69, 9.17) is 20.9 Å². The summed E-state index contributed by atoms with van der Waals surface area (Å²) in [7, 11) is 0. The predicted octanol–water partition coefficient (Wildman–Crippen LogP) is 11.4. The molecule has 2 saturated carbocycles. The second kappa shape index (κ2) is 13.3. The maximum atomic E-state index is 15.5. The van der Waals surface area contributed by atoms with Crippen LogP contribution in [0.25, 0.3) is 0 Å². The summed E-state index contributed by atoms with van der Waals surface area (Å²) in [6, 6.07) is 24.3. The van der Waals surface area contributed by atoms with E-state index < -0.39 is 11.6 Å². The quantitative estimate of drug-likeness (QED) is 0.191. The number of rotatable bonds is 8. The first-order valence-corrected chi connectivity index (χ1v) is 16.5. The highest BCUT2D eigenvalue weighted by Crippen LogP contribution is 2.51. The molecule has 46 heavy (non-hydrogen) atoms. The standard InChI is InChI=1S/C39H43F3N2O2/c1-38(39(40,41)42,28-12-22-36(45-32-18-14-30(43)15-19-32)34(24-28)26-8-4-2-5-9-26)29-13-23-37(46-33-20-16-31(44)17-21-33)35(25-29)27-10-6-3-7-11-27/h12-27H,2-11,43-44H2,1H3. The fraction of sp³-hybridized carbons (Fsp3) is 0.385. The minimum Gasteiger partial charge on any atom is -0.457 e. The van der Waals surface area contributed by atoms with Crippen molar-refractivity contribution in [3.63, 3.8) is 0 Å². The molecule has 4 nitrogen and oxygen atoms in total. The van der Waals surface area contributed by atoms with Gasteiger partial charge in [-0.15, -0.1) is 0 Å². The number of anilines is 2. The van der Waals surface area contributed by atoms with E-state index in [9.17, 15) is 0 Å². The molecule has 7 heteroatoms. The van der Waals surface area contributed by atoms with Gasteiger partial charge >= 0.3 is 6.18 Å². The fourth-order valence-corrected chi connectivity index (χ4v) is 7.19. The van der Waals surface area contributed by atoms with Gasteiger partial charge in [-0.05, 0) is 127 Å². The van der Waals surface area contributed by atoms with E-state index in [2.05, 4.69) is 0 Å². The molecule has 242 valence electrons. The van der Waals surface area contributed by atoms with Crippen molar-refractivity contribution in [2.45, 2.75) is 94.6 Å². The number of alkyl halides is 3. The highest BCUT2D eigenvalue weighted by atomic mass is 19.4. The first-order chi connectivity index (χ1) is 22.1. The van der Waals surface area contributed by atoms with Crippen LogP contribution in [0.3, 0.4) is 0 Å². The SMILES string of the molecule is CC(c1ccc(Oc2ccc(N)cc2)c(C2CCCCC2)c1)(c1ccc(Oc2ccc(N)cc2)c(C2CCCCC2)c1)C(F)(F)F. The lowest BCUT2D eigenvalue weighted by atomic mass is 9.72. The zero-order valence-electron chi connectivity index (χ0n) is 26.4. The normalized spacial score (nSPS) is 16.7. The second-order valence-corrected chi connectivity index (χ2v) is 13.1. The van der Waals surface area contributed by atoms with Crippen LogP contribution in [0.15, 0.2) is 84.9 Å². The van der Waals surface area contributed by atoms with E-state index in [0.29, 0.717) is 34.4 Å². The molecular weight excluding hydrogens is 585 g/mol. The van der Waals surface area contributed by atoms with E-state index in [1.54, 1.807) is 84.9 Å². The van der Waals surface area contributed by atoms with Crippen molar-refractivity contribution < 1.29 is 22.6 Å². The van der Waals surface area contributed by atoms with Crippen LogP contribution >= 0.6 is 0 Å². The Bertz CT molecular complexity index is 1510. The van der Waals surface area contributed by atoms with E-state index in [0.717, 1.165) is 75.3 Å². The molecule has 4 aromatic rings. The van der Waals surface area contributed by atoms with Crippen molar-refractivity contribution in [3.05, 3.63) is 107 Å². The average molecular weight is 629 g/mol. The molecule has 2 aliphatic rings. The minimum atomic E-state index is -4.56. The molecule has 0 bridgehead atoms. The summed E-state index contributed by atoms with van der Waals surface area (Å²) in [6.07, 6.45) is 5.61. The maximum absolute atomic E-state index is 15.5. The largest absolute Gasteiger partial charge is 0.457 e. The summed E-state index contributed by atoms with van der Waals surface area (Å²) in [5, 5.41) is 0. The molecule has 0 heterocycles. The molecule has 0 amide bonds. The Hall–Kier alpha value is -4.13. The zero-order valence-corrected chi connectivity index (χ0v) is 26.4. The number of nitrogen functional groups attached to an aromatic ring is 2. The first-order valence-electron chi connectivity index (χ1n) is 16.5. The zero-order chi connectivity index (χ0) is 32.3. The van der Waals surface area contributed by atoms with Gasteiger partial charge in [0.25, 0.3) is 0 Å². The Labute approximate surface area is 269 Å². The Morgan fingerprint density at radius 1 is 0.543 bits per heavy atom. The topological polar surface area (TPSA) is 70.5 Å². The van der Waals surface area contributed by atoms with Gasteiger partial charge in [0.1, 0.15) is 28.4 Å². The third-order valence-electron chi connectivity index (χ3n) is 10.0. The van der Waals surface area contributed by atoms with Crippen LogP contribution in [0, 0.1) is 0 Å². The van der Waals surface area contributed by atoms with Crippen molar-refractivity contribution in [3.8, 4) is 23.0 Å².